The second-order valence-electron chi connectivity index (χ2n) is 16.2. The molecule has 13 rings (SSSR count). The zero-order valence-electron chi connectivity index (χ0n) is 27.9. The number of aromatic nitrogens is 5. The van der Waals surface area contributed by atoms with Gasteiger partial charge in [0.25, 0.3) is 0 Å². The maximum absolute atomic E-state index is 17.4. The molecule has 1 aromatic carbocycles. The number of piperidine rings is 1. The van der Waals surface area contributed by atoms with E-state index in [1.165, 1.54) is 0 Å². The first kappa shape index (κ1) is 30.7. The van der Waals surface area contributed by atoms with Crippen LogP contribution >= 0.6 is 11.6 Å². The first-order valence-corrected chi connectivity index (χ1v) is 18.6. The summed E-state index contributed by atoms with van der Waals surface area (Å²) < 4.78 is 61.0. The molecule has 10 heterocycles. The molecule has 2 aliphatic carbocycles. The molecule has 5 atom stereocenters. The Kier molecular flexibility index (Phi) is 6.37. The molecule has 7 aliphatic heterocycles. The fourth-order valence-corrected chi connectivity index (χ4v) is 10.9. The number of hydrogen-bond donors (Lipinski definition) is 2. The van der Waals surface area contributed by atoms with Crippen LogP contribution in [-0.4, -0.2) is 92.3 Å². The second-order valence-corrected chi connectivity index (χ2v) is 16.6. The zero-order chi connectivity index (χ0) is 34.3. The molecule has 3 aromatic heterocycles. The van der Waals surface area contributed by atoms with E-state index in [4.69, 9.17) is 36.0 Å². The number of anilines is 1. The summed E-state index contributed by atoms with van der Waals surface area (Å²) in [5, 5.41) is 13.2. The Hall–Kier alpha value is -3.91. The van der Waals surface area contributed by atoms with Crippen molar-refractivity contribution in [2.45, 2.75) is 87.3 Å². The van der Waals surface area contributed by atoms with Crippen LogP contribution < -0.4 is 15.1 Å². The summed E-state index contributed by atoms with van der Waals surface area (Å²) in [7, 11) is 0. The molecule has 0 radical (unpaired) electrons. The minimum absolute atomic E-state index is 0.00647. The minimum atomic E-state index is -1.66. The van der Waals surface area contributed by atoms with Crippen LogP contribution in [0.2, 0.25) is 5.02 Å². The minimum Gasteiger partial charge on any atom is -0.461 e. The summed E-state index contributed by atoms with van der Waals surface area (Å²) in [4.78, 5) is 18.7. The smallest absolute Gasteiger partial charge is 0.319 e. The van der Waals surface area contributed by atoms with Crippen molar-refractivity contribution < 1.29 is 22.6 Å². The average molecular weight is 720 g/mol. The highest BCUT2D eigenvalue weighted by molar-refractivity contribution is 6.33. The number of H-pyrrole nitrogens is 1. The van der Waals surface area contributed by atoms with Gasteiger partial charge >= 0.3 is 6.01 Å². The van der Waals surface area contributed by atoms with Crippen LogP contribution in [0, 0.1) is 17.2 Å². The Morgan fingerprint density at radius 3 is 2.88 bits per heavy atom. The molecular weight excluding hydrogens is 683 g/mol. The number of alkyl halides is 2. The summed E-state index contributed by atoms with van der Waals surface area (Å²) in [5.74, 6) is 0.174. The van der Waals surface area contributed by atoms with Gasteiger partial charge in [-0.2, -0.15) is 15.1 Å². The van der Waals surface area contributed by atoms with Gasteiger partial charge in [-0.15, -0.1) is 5.10 Å². The van der Waals surface area contributed by atoms with E-state index >= 15 is 8.78 Å². The van der Waals surface area contributed by atoms with Crippen molar-refractivity contribution in [1.29, 1.82) is 0 Å². The largest absolute Gasteiger partial charge is 0.461 e. The van der Waals surface area contributed by atoms with E-state index < -0.39 is 29.4 Å². The van der Waals surface area contributed by atoms with E-state index in [1.54, 1.807) is 12.4 Å². The van der Waals surface area contributed by atoms with Crippen molar-refractivity contribution in [3.05, 3.63) is 34.9 Å². The van der Waals surface area contributed by atoms with Crippen LogP contribution in [-0.2, 0) is 4.74 Å². The maximum Gasteiger partial charge on any atom is 0.319 e. The molecule has 2 N–H and O–H groups in total. The predicted molar refractivity (Wildman–Crippen MR) is 184 cm³/mol. The third kappa shape index (κ3) is 4.57. The van der Waals surface area contributed by atoms with E-state index in [0.717, 1.165) is 44.2 Å². The molecular formula is C36H37ClF3N9O2. The Bertz CT molecular complexity index is 2160. The summed E-state index contributed by atoms with van der Waals surface area (Å²) in [6, 6.07) is 1.86. The lowest BCUT2D eigenvalue weighted by atomic mass is 9.56. The van der Waals surface area contributed by atoms with Gasteiger partial charge in [-0.25, -0.2) is 13.2 Å². The molecule has 1 spiro atoms. The summed E-state index contributed by atoms with van der Waals surface area (Å²) >= 11 is 7.01. The predicted octanol–water partition coefficient (Wildman–Crippen LogP) is 6.17. The van der Waals surface area contributed by atoms with Crippen LogP contribution in [0.4, 0.5) is 19.0 Å². The number of halogens is 4. The second kappa shape index (κ2) is 10.6. The van der Waals surface area contributed by atoms with E-state index in [-0.39, 0.29) is 59.8 Å². The normalized spacial score (nSPS) is 35.1. The number of hydrogen-bond acceptors (Lipinski definition) is 10. The quantitative estimate of drug-likeness (QED) is 0.257. The van der Waals surface area contributed by atoms with Gasteiger partial charge in [0.2, 0.25) is 5.90 Å². The Balaban J connectivity index is 1.08. The highest BCUT2D eigenvalue weighted by Crippen LogP contribution is 2.59. The van der Waals surface area contributed by atoms with E-state index in [0.29, 0.717) is 65.2 Å². The van der Waals surface area contributed by atoms with Crippen molar-refractivity contribution in [1.82, 2.24) is 35.5 Å². The number of pyridine rings is 1. The standard InChI is InChI=1S/C36H37ClF3N9O2/c37-23-9-24-21(12-42-45-24)27-26(23)20-7-18(20)8-25-46-47-32(51-25)36(40)14-34(15-36)3-1-5-48(16-34)31-22-11-41-30(27)28(39)29(22)43-33(44-31)50-17-35-4-2-6-49(35)13-19(38)10-35/h9,11-12,18-20,25,46H,1-8,10,13-17H2,(H,42,45)/t18-,19+,20-,25?,34?,35-,36?/m0/s1. The van der Waals surface area contributed by atoms with Crippen LogP contribution in [0.5, 0.6) is 6.01 Å². The fraction of sp³-hybridized carbons (Fsp3) is 0.583. The van der Waals surface area contributed by atoms with Crippen LogP contribution in [0.3, 0.4) is 0 Å². The first-order chi connectivity index (χ1) is 24.7. The van der Waals surface area contributed by atoms with Crippen LogP contribution in [0.15, 0.2) is 23.6 Å². The molecule has 51 heavy (non-hydrogen) atoms. The molecule has 1 unspecified atom stereocenters. The van der Waals surface area contributed by atoms with Gasteiger partial charge in [0, 0.05) is 54.6 Å². The molecule has 9 bridgehead atoms. The van der Waals surface area contributed by atoms with E-state index in [1.807, 2.05) is 6.07 Å². The van der Waals surface area contributed by atoms with Gasteiger partial charge in [0.05, 0.1) is 22.6 Å². The van der Waals surface area contributed by atoms with E-state index in [2.05, 4.69) is 30.5 Å². The third-order valence-electron chi connectivity index (χ3n) is 12.9. The Morgan fingerprint density at radius 2 is 1.98 bits per heavy atom. The fourth-order valence-electron chi connectivity index (χ4n) is 10.6. The molecule has 2 saturated carbocycles. The van der Waals surface area contributed by atoms with Crippen LogP contribution in [0.25, 0.3) is 33.1 Å². The summed E-state index contributed by atoms with van der Waals surface area (Å²) in [6.45, 7) is 2.60. The van der Waals surface area contributed by atoms with Gasteiger partial charge in [-0.3, -0.25) is 20.4 Å². The number of aromatic amines is 1. The van der Waals surface area contributed by atoms with Crippen LogP contribution in [0.1, 0.15) is 69.3 Å². The lowest BCUT2D eigenvalue weighted by Crippen LogP contribution is -2.60. The molecule has 266 valence electrons. The number of fused-ring (bicyclic) bond motifs is 2. The number of nitrogens with zero attached hydrogens (tertiary/aromatic N) is 7. The van der Waals surface area contributed by atoms with Gasteiger partial charge < -0.3 is 14.4 Å². The third-order valence-corrected chi connectivity index (χ3v) is 13.2. The molecule has 4 aromatic rings. The highest BCUT2D eigenvalue weighted by Gasteiger charge is 2.62. The van der Waals surface area contributed by atoms with Crippen molar-refractivity contribution in [2.24, 2.45) is 16.4 Å². The van der Waals surface area contributed by atoms with Gasteiger partial charge in [0.1, 0.15) is 29.8 Å². The molecule has 11 nitrogen and oxygen atoms in total. The molecule has 15 heteroatoms. The SMILES string of the molecule is Fc1c2ncc3c(nc(OC[C@@]45CCCN4C[C@H](F)C5)nc13)N1CCCC3(C1)CC(F)(C3)C1=NNC(C[C@@H]3C[C@@H]3c3c(Cl)cc4[nH]ncc4c3-2)O1. The van der Waals surface area contributed by atoms with Crippen molar-refractivity contribution in [2.75, 3.05) is 37.7 Å². The number of nitrogens with one attached hydrogen (secondary N) is 2. The lowest BCUT2D eigenvalue weighted by molar-refractivity contribution is -0.0433. The highest BCUT2D eigenvalue weighted by atomic mass is 35.5. The molecule has 9 aliphatic rings. The van der Waals surface area contributed by atoms with Crippen molar-refractivity contribution >= 4 is 45.1 Å². The Labute approximate surface area is 296 Å². The summed E-state index contributed by atoms with van der Waals surface area (Å²) in [6.07, 6.45) is 7.76. The monoisotopic (exact) mass is 719 g/mol. The number of benzene rings is 1. The molecule has 5 fully saturated rings. The topological polar surface area (TPSA) is 117 Å². The average Bonchev–Trinajstić information content (AvgIpc) is 3.50. The van der Waals surface area contributed by atoms with Gasteiger partial charge in [-0.1, -0.05) is 11.6 Å². The Morgan fingerprint density at radius 1 is 1.10 bits per heavy atom. The van der Waals surface area contributed by atoms with Gasteiger partial charge in [0.15, 0.2) is 17.7 Å². The van der Waals surface area contributed by atoms with Crippen molar-refractivity contribution in [3.8, 4) is 17.3 Å². The molecule has 3 saturated heterocycles. The van der Waals surface area contributed by atoms with E-state index in [9.17, 15) is 4.39 Å². The number of hydrazone groups is 1. The lowest BCUT2D eigenvalue weighted by Gasteiger charge is -2.55. The van der Waals surface area contributed by atoms with Crippen molar-refractivity contribution in [3.63, 3.8) is 0 Å². The first-order valence-electron chi connectivity index (χ1n) is 18.2. The van der Waals surface area contributed by atoms with Gasteiger partial charge in [-0.05, 0) is 80.4 Å². The maximum atomic E-state index is 17.4. The summed E-state index contributed by atoms with van der Waals surface area (Å²) in [5.41, 5.74) is 2.87. The number of ether oxygens (including phenoxy) is 2. The zero-order valence-corrected chi connectivity index (χ0v) is 28.7. The molecule has 0 amide bonds. The number of rotatable bonds is 3.